The predicted molar refractivity (Wildman–Crippen MR) is 116 cm³/mol. The van der Waals surface area contributed by atoms with E-state index in [-0.39, 0.29) is 36.1 Å². The molecule has 0 spiro atoms. The van der Waals surface area contributed by atoms with Crippen LogP contribution in [0.2, 0.25) is 0 Å². The maximum atomic E-state index is 12.9. The molecule has 1 atom stereocenters. The number of hydrogen-bond acceptors (Lipinski definition) is 5. The minimum atomic E-state index is -0.398. The first-order chi connectivity index (χ1) is 14.8. The van der Waals surface area contributed by atoms with Crippen molar-refractivity contribution in [3.8, 4) is 11.5 Å². The number of hydrogen-bond donors (Lipinski definition) is 1. The van der Waals surface area contributed by atoms with Crippen LogP contribution in [0.15, 0.2) is 18.2 Å². The molecule has 1 aliphatic heterocycles. The number of likely N-dealkylation sites (N-methyl/N-ethyl adjacent to an activating group) is 1. The van der Waals surface area contributed by atoms with Crippen molar-refractivity contribution in [2.24, 2.45) is 5.92 Å². The lowest BCUT2D eigenvalue weighted by Gasteiger charge is -2.40. The molecule has 2 fully saturated rings. The zero-order chi connectivity index (χ0) is 22.5. The van der Waals surface area contributed by atoms with E-state index in [2.05, 4.69) is 5.32 Å². The molecule has 0 bridgehead atoms. The molecule has 1 N–H and O–H groups in total. The summed E-state index contributed by atoms with van der Waals surface area (Å²) in [5.41, 5.74) is 0.854. The van der Waals surface area contributed by atoms with Crippen LogP contribution >= 0.6 is 0 Å². The minimum Gasteiger partial charge on any atom is -0.493 e. The second-order valence-corrected chi connectivity index (χ2v) is 8.45. The summed E-state index contributed by atoms with van der Waals surface area (Å²) < 4.78 is 10.5. The number of ether oxygens (including phenoxy) is 2. The Kier molecular flexibility index (Phi) is 7.41. The lowest BCUT2D eigenvalue weighted by atomic mass is 9.84. The summed E-state index contributed by atoms with van der Waals surface area (Å²) in [6, 6.07) is 5.14. The van der Waals surface area contributed by atoms with E-state index in [4.69, 9.17) is 9.47 Å². The van der Waals surface area contributed by atoms with Crippen LogP contribution in [0.4, 0.5) is 0 Å². The predicted octanol–water partition coefficient (Wildman–Crippen LogP) is 1.61. The van der Waals surface area contributed by atoms with Crippen molar-refractivity contribution >= 4 is 17.7 Å². The topological polar surface area (TPSA) is 88.2 Å². The summed E-state index contributed by atoms with van der Waals surface area (Å²) in [6.45, 7) is 2.97. The van der Waals surface area contributed by atoms with E-state index < -0.39 is 6.04 Å². The van der Waals surface area contributed by atoms with Crippen LogP contribution < -0.4 is 14.8 Å². The van der Waals surface area contributed by atoms with Gasteiger partial charge in [0.2, 0.25) is 17.7 Å². The normalized spacial score (nSPS) is 24.0. The van der Waals surface area contributed by atoms with E-state index in [1.165, 1.54) is 0 Å². The zero-order valence-corrected chi connectivity index (χ0v) is 18.8. The molecule has 2 aliphatic rings. The third-order valence-corrected chi connectivity index (χ3v) is 6.41. The van der Waals surface area contributed by atoms with Gasteiger partial charge in [0, 0.05) is 32.1 Å². The van der Waals surface area contributed by atoms with Crippen molar-refractivity contribution in [1.29, 1.82) is 0 Å². The highest BCUT2D eigenvalue weighted by Crippen LogP contribution is 2.29. The van der Waals surface area contributed by atoms with Gasteiger partial charge in [0.1, 0.15) is 6.04 Å². The number of methoxy groups -OCH3 is 2. The number of rotatable bonds is 6. The fourth-order valence-corrected chi connectivity index (χ4v) is 4.49. The van der Waals surface area contributed by atoms with Crippen molar-refractivity contribution in [3.63, 3.8) is 0 Å². The van der Waals surface area contributed by atoms with Gasteiger partial charge in [0.25, 0.3) is 0 Å². The second-order valence-electron chi connectivity index (χ2n) is 8.45. The summed E-state index contributed by atoms with van der Waals surface area (Å²) in [6.07, 6.45) is 3.26. The standard InChI is InChI=1S/C23H33N3O5/c1-15-22(28)25(2)11-12-26(15)23(29)17-6-8-18(9-7-17)24-21(27)14-16-5-10-19(30-3)20(13-16)31-4/h5,10,13,15,17-18H,6-9,11-12,14H2,1-4H3,(H,24,27). The molecular weight excluding hydrogens is 398 g/mol. The van der Waals surface area contributed by atoms with Gasteiger partial charge >= 0.3 is 0 Å². The van der Waals surface area contributed by atoms with Crippen molar-refractivity contribution in [1.82, 2.24) is 15.1 Å². The molecule has 3 rings (SSSR count). The van der Waals surface area contributed by atoms with Gasteiger partial charge in [-0.3, -0.25) is 14.4 Å². The Balaban J connectivity index is 1.48. The first kappa shape index (κ1) is 22.9. The number of carbonyl (C=O) groups is 3. The first-order valence-electron chi connectivity index (χ1n) is 10.9. The van der Waals surface area contributed by atoms with Gasteiger partial charge in [-0.15, -0.1) is 0 Å². The Morgan fingerprint density at radius 3 is 2.39 bits per heavy atom. The minimum absolute atomic E-state index is 0.00397. The molecular formula is C23H33N3O5. The van der Waals surface area contributed by atoms with Gasteiger partial charge < -0.3 is 24.6 Å². The van der Waals surface area contributed by atoms with Crippen LogP contribution in [0.5, 0.6) is 11.5 Å². The fourth-order valence-electron chi connectivity index (χ4n) is 4.49. The number of amides is 3. The molecule has 8 heteroatoms. The highest BCUT2D eigenvalue weighted by molar-refractivity contribution is 5.89. The van der Waals surface area contributed by atoms with Gasteiger partial charge in [-0.1, -0.05) is 6.07 Å². The van der Waals surface area contributed by atoms with Crippen LogP contribution in [0.3, 0.4) is 0 Å². The monoisotopic (exact) mass is 431 g/mol. The molecule has 8 nitrogen and oxygen atoms in total. The summed E-state index contributed by atoms with van der Waals surface area (Å²) in [5.74, 6) is 1.19. The van der Waals surface area contributed by atoms with Crippen LogP contribution in [0, 0.1) is 5.92 Å². The Morgan fingerprint density at radius 2 is 1.74 bits per heavy atom. The zero-order valence-electron chi connectivity index (χ0n) is 18.8. The Labute approximate surface area is 183 Å². The summed E-state index contributed by atoms with van der Waals surface area (Å²) in [5, 5.41) is 3.10. The van der Waals surface area contributed by atoms with Gasteiger partial charge in [-0.05, 0) is 50.3 Å². The molecule has 1 heterocycles. The largest absolute Gasteiger partial charge is 0.493 e. The van der Waals surface area contributed by atoms with E-state index >= 15 is 0 Å². The van der Waals surface area contributed by atoms with E-state index in [1.54, 1.807) is 44.1 Å². The van der Waals surface area contributed by atoms with E-state index in [0.29, 0.717) is 24.6 Å². The SMILES string of the molecule is COc1ccc(CC(=O)NC2CCC(C(=O)N3CCN(C)C(=O)C3C)CC2)cc1OC. The average Bonchev–Trinajstić information content (AvgIpc) is 2.77. The molecule has 1 saturated heterocycles. The molecule has 1 unspecified atom stereocenters. The van der Waals surface area contributed by atoms with Crippen LogP contribution in [0.25, 0.3) is 0 Å². The van der Waals surface area contributed by atoms with Crippen LogP contribution in [0.1, 0.15) is 38.2 Å². The lowest BCUT2D eigenvalue weighted by molar-refractivity contribution is -0.152. The van der Waals surface area contributed by atoms with Crippen LogP contribution in [-0.2, 0) is 20.8 Å². The lowest BCUT2D eigenvalue weighted by Crippen LogP contribution is -2.57. The van der Waals surface area contributed by atoms with Crippen molar-refractivity contribution in [2.75, 3.05) is 34.4 Å². The first-order valence-corrected chi connectivity index (χ1v) is 10.9. The molecule has 1 aromatic carbocycles. The third-order valence-electron chi connectivity index (χ3n) is 6.41. The molecule has 1 saturated carbocycles. The van der Waals surface area contributed by atoms with E-state index in [0.717, 1.165) is 31.2 Å². The van der Waals surface area contributed by atoms with E-state index in [1.807, 2.05) is 12.1 Å². The second kappa shape index (κ2) is 10.0. The molecule has 170 valence electrons. The third kappa shape index (κ3) is 5.29. The maximum absolute atomic E-state index is 12.9. The Hall–Kier alpha value is -2.77. The average molecular weight is 432 g/mol. The summed E-state index contributed by atoms with van der Waals surface area (Å²) >= 11 is 0. The van der Waals surface area contributed by atoms with Crippen LogP contribution in [-0.4, -0.2) is 74.0 Å². The molecule has 0 aromatic heterocycles. The summed E-state index contributed by atoms with van der Waals surface area (Å²) in [4.78, 5) is 41.0. The molecule has 3 amide bonds. The number of piperazine rings is 1. The smallest absolute Gasteiger partial charge is 0.244 e. The van der Waals surface area contributed by atoms with Gasteiger partial charge in [-0.25, -0.2) is 0 Å². The van der Waals surface area contributed by atoms with Crippen molar-refractivity contribution in [2.45, 2.75) is 51.1 Å². The molecule has 1 aliphatic carbocycles. The number of nitrogens with one attached hydrogen (secondary N) is 1. The maximum Gasteiger partial charge on any atom is 0.244 e. The number of benzene rings is 1. The highest BCUT2D eigenvalue weighted by atomic mass is 16.5. The van der Waals surface area contributed by atoms with Gasteiger partial charge in [-0.2, -0.15) is 0 Å². The summed E-state index contributed by atoms with van der Waals surface area (Å²) in [7, 11) is 4.92. The Morgan fingerprint density at radius 1 is 1.06 bits per heavy atom. The number of nitrogens with zero attached hydrogens (tertiary/aromatic N) is 2. The molecule has 31 heavy (non-hydrogen) atoms. The van der Waals surface area contributed by atoms with Crippen molar-refractivity contribution < 1.29 is 23.9 Å². The molecule has 1 aromatic rings. The fraction of sp³-hybridized carbons (Fsp3) is 0.609. The number of carbonyl (C=O) groups excluding carboxylic acids is 3. The van der Waals surface area contributed by atoms with Gasteiger partial charge in [0.15, 0.2) is 11.5 Å². The van der Waals surface area contributed by atoms with E-state index in [9.17, 15) is 14.4 Å². The van der Waals surface area contributed by atoms with Crippen molar-refractivity contribution in [3.05, 3.63) is 23.8 Å². The highest BCUT2D eigenvalue weighted by Gasteiger charge is 2.37. The van der Waals surface area contributed by atoms with Gasteiger partial charge in [0.05, 0.1) is 20.6 Å². The Bertz CT molecular complexity index is 819. The molecule has 0 radical (unpaired) electrons. The quantitative estimate of drug-likeness (QED) is 0.739.